The number of amides is 3. The Hall–Kier alpha value is -2.82. The molecule has 3 rings (SSSR count). The van der Waals surface area contributed by atoms with Gasteiger partial charge in [-0.1, -0.05) is 63.2 Å². The topological polar surface area (TPSA) is 58.6 Å². The third-order valence-corrected chi connectivity index (χ3v) is 5.14. The lowest BCUT2D eigenvalue weighted by Crippen LogP contribution is -2.41. The van der Waals surface area contributed by atoms with E-state index in [2.05, 4.69) is 38.2 Å². The molecule has 0 aliphatic carbocycles. The van der Waals surface area contributed by atoms with E-state index >= 15 is 0 Å². The molecule has 1 atom stereocenters. The SMILES string of the molecule is CC(C)(C)c1ccc(OCCCN2C(=O)NC(C)(c3ccccc3)C2=O)cc1. The van der Waals surface area contributed by atoms with E-state index in [1.807, 2.05) is 42.5 Å². The molecular formula is C23H28N2O3. The van der Waals surface area contributed by atoms with Crippen molar-refractivity contribution in [2.75, 3.05) is 13.2 Å². The van der Waals surface area contributed by atoms with Gasteiger partial charge in [0, 0.05) is 6.54 Å². The number of nitrogens with one attached hydrogen (secondary N) is 1. The third-order valence-electron chi connectivity index (χ3n) is 5.14. The zero-order valence-electron chi connectivity index (χ0n) is 17.0. The average Bonchev–Trinajstić information content (AvgIpc) is 2.89. The number of hydrogen-bond donors (Lipinski definition) is 1. The van der Waals surface area contributed by atoms with Gasteiger partial charge in [-0.15, -0.1) is 0 Å². The van der Waals surface area contributed by atoms with Crippen LogP contribution >= 0.6 is 0 Å². The summed E-state index contributed by atoms with van der Waals surface area (Å²) < 4.78 is 5.77. The molecule has 1 heterocycles. The second kappa shape index (κ2) is 7.66. The fourth-order valence-corrected chi connectivity index (χ4v) is 3.33. The van der Waals surface area contributed by atoms with Crippen LogP contribution in [0.3, 0.4) is 0 Å². The maximum absolute atomic E-state index is 12.8. The van der Waals surface area contributed by atoms with Crippen LogP contribution in [-0.4, -0.2) is 30.0 Å². The molecule has 1 N–H and O–H groups in total. The summed E-state index contributed by atoms with van der Waals surface area (Å²) in [5.41, 5.74) is 1.13. The predicted octanol–water partition coefficient (Wildman–Crippen LogP) is 4.22. The van der Waals surface area contributed by atoms with Gasteiger partial charge in [-0.25, -0.2) is 4.79 Å². The number of hydrogen-bond acceptors (Lipinski definition) is 3. The van der Waals surface area contributed by atoms with Crippen molar-refractivity contribution in [2.45, 2.75) is 45.1 Å². The summed E-state index contributed by atoms with van der Waals surface area (Å²) in [6.07, 6.45) is 0.574. The lowest BCUT2D eigenvalue weighted by molar-refractivity contribution is -0.131. The van der Waals surface area contributed by atoms with Crippen molar-refractivity contribution in [2.24, 2.45) is 0 Å². The van der Waals surface area contributed by atoms with Crippen LogP contribution in [0.4, 0.5) is 4.79 Å². The van der Waals surface area contributed by atoms with Crippen molar-refractivity contribution in [3.63, 3.8) is 0 Å². The number of rotatable bonds is 6. The van der Waals surface area contributed by atoms with Gasteiger partial charge in [-0.2, -0.15) is 0 Å². The summed E-state index contributed by atoms with van der Waals surface area (Å²) in [5.74, 6) is 0.567. The maximum atomic E-state index is 12.8. The van der Waals surface area contributed by atoms with E-state index in [-0.39, 0.29) is 17.4 Å². The van der Waals surface area contributed by atoms with Crippen LogP contribution in [0.25, 0.3) is 0 Å². The maximum Gasteiger partial charge on any atom is 0.325 e. The Morgan fingerprint density at radius 1 is 1.00 bits per heavy atom. The number of imide groups is 1. The normalized spacial score (nSPS) is 19.6. The fourth-order valence-electron chi connectivity index (χ4n) is 3.33. The molecule has 1 fully saturated rings. The Kier molecular flexibility index (Phi) is 5.45. The van der Waals surface area contributed by atoms with Gasteiger partial charge in [0.05, 0.1) is 6.61 Å². The van der Waals surface area contributed by atoms with Gasteiger partial charge in [0.2, 0.25) is 0 Å². The Bertz CT molecular complexity index is 840. The molecule has 0 bridgehead atoms. The van der Waals surface area contributed by atoms with E-state index in [1.165, 1.54) is 10.5 Å². The molecule has 28 heavy (non-hydrogen) atoms. The van der Waals surface area contributed by atoms with Crippen molar-refractivity contribution in [3.8, 4) is 5.75 Å². The molecule has 2 aromatic carbocycles. The fraction of sp³-hybridized carbons (Fsp3) is 0.391. The van der Waals surface area contributed by atoms with Gasteiger partial charge in [-0.05, 0) is 42.0 Å². The van der Waals surface area contributed by atoms with Crippen molar-refractivity contribution < 1.29 is 14.3 Å². The molecule has 148 valence electrons. The van der Waals surface area contributed by atoms with Crippen LogP contribution < -0.4 is 10.1 Å². The molecular weight excluding hydrogens is 352 g/mol. The molecule has 1 unspecified atom stereocenters. The van der Waals surface area contributed by atoms with Crippen molar-refractivity contribution in [1.29, 1.82) is 0 Å². The standard InChI is InChI=1S/C23H28N2O3/c1-22(2,3)17-11-13-19(14-12-17)28-16-8-15-25-20(26)23(4,24-21(25)27)18-9-6-5-7-10-18/h5-7,9-14H,8,15-16H2,1-4H3,(H,24,27). The molecule has 2 aromatic rings. The molecule has 1 aliphatic rings. The van der Waals surface area contributed by atoms with E-state index in [9.17, 15) is 9.59 Å². The highest BCUT2D eigenvalue weighted by atomic mass is 16.5. The summed E-state index contributed by atoms with van der Waals surface area (Å²) in [7, 11) is 0. The molecule has 5 heteroatoms. The van der Waals surface area contributed by atoms with Gasteiger partial charge < -0.3 is 10.1 Å². The first-order chi connectivity index (χ1) is 13.2. The summed E-state index contributed by atoms with van der Waals surface area (Å²) in [6, 6.07) is 17.0. The van der Waals surface area contributed by atoms with E-state index < -0.39 is 5.54 Å². The van der Waals surface area contributed by atoms with Gasteiger partial charge in [0.1, 0.15) is 11.3 Å². The van der Waals surface area contributed by atoms with Crippen LogP contribution in [0, 0.1) is 0 Å². The minimum atomic E-state index is -1.01. The summed E-state index contributed by atoms with van der Waals surface area (Å²) in [4.78, 5) is 26.4. The predicted molar refractivity (Wildman–Crippen MR) is 109 cm³/mol. The lowest BCUT2D eigenvalue weighted by Gasteiger charge is -2.22. The molecule has 1 aliphatic heterocycles. The lowest BCUT2D eigenvalue weighted by atomic mass is 9.87. The monoisotopic (exact) mass is 380 g/mol. The van der Waals surface area contributed by atoms with E-state index in [1.54, 1.807) is 6.92 Å². The summed E-state index contributed by atoms with van der Waals surface area (Å²) in [6.45, 7) is 9.02. The minimum absolute atomic E-state index is 0.105. The van der Waals surface area contributed by atoms with Crippen LogP contribution in [0.15, 0.2) is 54.6 Å². The molecule has 0 aromatic heterocycles. The number of benzene rings is 2. The summed E-state index contributed by atoms with van der Waals surface area (Å²) in [5, 5.41) is 2.82. The molecule has 3 amide bonds. The van der Waals surface area contributed by atoms with Crippen LogP contribution in [0.2, 0.25) is 0 Å². The average molecular weight is 380 g/mol. The van der Waals surface area contributed by atoms with E-state index in [0.29, 0.717) is 19.6 Å². The molecule has 5 nitrogen and oxygen atoms in total. The first-order valence-corrected chi connectivity index (χ1v) is 9.65. The highest BCUT2D eigenvalue weighted by molar-refractivity contribution is 6.07. The second-order valence-electron chi connectivity index (χ2n) is 8.35. The Morgan fingerprint density at radius 2 is 1.64 bits per heavy atom. The molecule has 1 saturated heterocycles. The smallest absolute Gasteiger partial charge is 0.325 e. The first-order valence-electron chi connectivity index (χ1n) is 9.65. The van der Waals surface area contributed by atoms with Gasteiger partial charge >= 0.3 is 6.03 Å². The van der Waals surface area contributed by atoms with Crippen LogP contribution in [0.5, 0.6) is 5.75 Å². The largest absolute Gasteiger partial charge is 0.494 e. The van der Waals surface area contributed by atoms with Crippen LogP contribution in [-0.2, 0) is 15.7 Å². The number of carbonyl (C=O) groups is 2. The van der Waals surface area contributed by atoms with Gasteiger partial charge in [-0.3, -0.25) is 9.69 Å². The summed E-state index contributed by atoms with van der Waals surface area (Å²) >= 11 is 0. The highest BCUT2D eigenvalue weighted by Crippen LogP contribution is 2.29. The van der Waals surface area contributed by atoms with Crippen molar-refractivity contribution in [1.82, 2.24) is 10.2 Å². The zero-order valence-corrected chi connectivity index (χ0v) is 17.0. The Labute approximate surface area is 166 Å². The first kappa shape index (κ1) is 19.9. The number of urea groups is 1. The Balaban J connectivity index is 1.54. The number of ether oxygens (including phenoxy) is 1. The van der Waals surface area contributed by atoms with Crippen molar-refractivity contribution >= 4 is 11.9 Å². The van der Waals surface area contributed by atoms with Crippen molar-refractivity contribution in [3.05, 3.63) is 65.7 Å². The number of nitrogens with zero attached hydrogens (tertiary/aromatic N) is 1. The minimum Gasteiger partial charge on any atom is -0.494 e. The molecule has 0 spiro atoms. The Morgan fingerprint density at radius 3 is 2.25 bits per heavy atom. The molecule has 0 saturated carbocycles. The highest BCUT2D eigenvalue weighted by Gasteiger charge is 2.48. The zero-order chi connectivity index (χ0) is 20.4. The van der Waals surface area contributed by atoms with Gasteiger partial charge in [0.25, 0.3) is 5.91 Å². The van der Waals surface area contributed by atoms with Crippen LogP contribution in [0.1, 0.15) is 45.2 Å². The quantitative estimate of drug-likeness (QED) is 0.603. The van der Waals surface area contributed by atoms with Gasteiger partial charge in [0.15, 0.2) is 0 Å². The number of carbonyl (C=O) groups excluding carboxylic acids is 2. The van der Waals surface area contributed by atoms with E-state index in [4.69, 9.17) is 4.74 Å². The van der Waals surface area contributed by atoms with E-state index in [0.717, 1.165) is 11.3 Å². The molecule has 0 radical (unpaired) electrons. The third kappa shape index (κ3) is 4.03. The second-order valence-corrected chi connectivity index (χ2v) is 8.35.